The zero-order chi connectivity index (χ0) is 42.6. The van der Waals surface area contributed by atoms with Gasteiger partial charge in [0.05, 0.1) is 11.5 Å². The molecule has 308 valence electrons. The first kappa shape index (κ1) is 36.8. The van der Waals surface area contributed by atoms with Crippen molar-refractivity contribution >= 4 is 48.5 Å². The predicted octanol–water partition coefficient (Wildman–Crippen LogP) is 16.7. The van der Waals surface area contributed by atoms with E-state index in [2.05, 4.69) is 205 Å². The number of allylic oxidation sites excluding steroid dienone is 6. The fourth-order valence-electron chi connectivity index (χ4n) is 11.6. The first-order valence-corrected chi connectivity index (χ1v) is 23.5. The summed E-state index contributed by atoms with van der Waals surface area (Å²) >= 11 is 1.86. The van der Waals surface area contributed by atoms with Crippen LogP contribution in [0.2, 0.25) is 0 Å². The molecule has 4 heteroatoms. The number of ether oxygens (including phenoxy) is 2. The minimum atomic E-state index is -0.411. The zero-order valence-electron chi connectivity index (χ0n) is 35.5. The summed E-state index contributed by atoms with van der Waals surface area (Å²) in [5.74, 6) is 2.95. The van der Waals surface area contributed by atoms with Crippen LogP contribution in [-0.4, -0.2) is 6.04 Å². The molecule has 2 heterocycles. The number of benzene rings is 8. The van der Waals surface area contributed by atoms with E-state index in [1.54, 1.807) is 0 Å². The SMILES string of the molecule is C1=CCC(N(c2ccc(-c3ccc4c(c3)sc3ccccc34)cc2)c2ccccc2-c2cccc3c2Oc2cc4c(cc2O3)C2(C3=C4CCC=C3)c3ccccc3-c3ccccc32)C=C1. The van der Waals surface area contributed by atoms with Gasteiger partial charge < -0.3 is 14.4 Å². The van der Waals surface area contributed by atoms with Crippen LogP contribution in [0.1, 0.15) is 41.5 Å². The molecule has 4 aliphatic carbocycles. The van der Waals surface area contributed by atoms with Crippen LogP contribution in [0.4, 0.5) is 11.4 Å². The number of hydrogen-bond donors (Lipinski definition) is 0. The van der Waals surface area contributed by atoms with Crippen LogP contribution in [0.15, 0.2) is 212 Å². The highest BCUT2D eigenvalue weighted by molar-refractivity contribution is 7.25. The molecule has 1 atom stereocenters. The van der Waals surface area contributed by atoms with Gasteiger partial charge in [-0.15, -0.1) is 11.3 Å². The highest BCUT2D eigenvalue weighted by Gasteiger charge is 2.53. The van der Waals surface area contributed by atoms with Crippen molar-refractivity contribution in [3.05, 3.63) is 234 Å². The predicted molar refractivity (Wildman–Crippen MR) is 269 cm³/mol. The van der Waals surface area contributed by atoms with E-state index in [0.717, 1.165) is 59.0 Å². The molecule has 1 spiro atoms. The molecule has 0 N–H and O–H groups in total. The molecule has 0 saturated carbocycles. The van der Waals surface area contributed by atoms with Crippen LogP contribution >= 0.6 is 11.3 Å². The van der Waals surface area contributed by atoms with E-state index in [0.29, 0.717) is 5.75 Å². The van der Waals surface area contributed by atoms with Gasteiger partial charge in [0.2, 0.25) is 0 Å². The third-order valence-corrected chi connectivity index (χ3v) is 15.5. The minimum absolute atomic E-state index is 0.118. The van der Waals surface area contributed by atoms with E-state index in [9.17, 15) is 0 Å². The van der Waals surface area contributed by atoms with E-state index >= 15 is 0 Å². The average Bonchev–Trinajstić information content (AvgIpc) is 3.99. The number of anilines is 2. The molecule has 9 aromatic rings. The molecule has 0 fully saturated rings. The van der Waals surface area contributed by atoms with Crippen molar-refractivity contribution in [3.63, 3.8) is 0 Å². The molecule has 8 aromatic carbocycles. The zero-order valence-corrected chi connectivity index (χ0v) is 36.3. The van der Waals surface area contributed by atoms with Gasteiger partial charge in [0.15, 0.2) is 23.0 Å². The quantitative estimate of drug-likeness (QED) is 0.172. The van der Waals surface area contributed by atoms with Gasteiger partial charge in [-0.1, -0.05) is 158 Å². The fourth-order valence-corrected chi connectivity index (χ4v) is 12.7. The Hall–Kier alpha value is -7.66. The van der Waals surface area contributed by atoms with Crippen molar-refractivity contribution in [2.24, 2.45) is 0 Å². The average molecular weight is 852 g/mol. The van der Waals surface area contributed by atoms with Gasteiger partial charge in [-0.3, -0.25) is 0 Å². The summed E-state index contributed by atoms with van der Waals surface area (Å²) in [5.41, 5.74) is 16.9. The highest BCUT2D eigenvalue weighted by Crippen LogP contribution is 2.65. The molecule has 0 amide bonds. The van der Waals surface area contributed by atoms with Gasteiger partial charge in [-0.2, -0.15) is 0 Å². The van der Waals surface area contributed by atoms with Crippen molar-refractivity contribution in [2.45, 2.75) is 30.7 Å². The normalized spacial score (nSPS) is 16.7. The number of para-hydroxylation sites is 2. The van der Waals surface area contributed by atoms with Gasteiger partial charge in [-0.05, 0) is 123 Å². The minimum Gasteiger partial charge on any atom is -0.449 e. The number of thiophene rings is 1. The van der Waals surface area contributed by atoms with Gasteiger partial charge in [0.25, 0.3) is 0 Å². The lowest BCUT2D eigenvalue weighted by atomic mass is 9.69. The van der Waals surface area contributed by atoms with Crippen LogP contribution in [0.25, 0.3) is 59.1 Å². The third kappa shape index (κ3) is 5.35. The maximum absolute atomic E-state index is 7.15. The van der Waals surface area contributed by atoms with Crippen LogP contribution in [0.5, 0.6) is 23.0 Å². The first-order valence-electron chi connectivity index (χ1n) is 22.7. The lowest BCUT2D eigenvalue weighted by Gasteiger charge is -2.35. The van der Waals surface area contributed by atoms with Crippen molar-refractivity contribution in [3.8, 4) is 56.4 Å². The van der Waals surface area contributed by atoms with E-state index in [-0.39, 0.29) is 6.04 Å². The van der Waals surface area contributed by atoms with Crippen molar-refractivity contribution in [1.82, 2.24) is 0 Å². The highest BCUT2D eigenvalue weighted by atomic mass is 32.1. The van der Waals surface area contributed by atoms with Gasteiger partial charge in [0.1, 0.15) is 0 Å². The van der Waals surface area contributed by atoms with Gasteiger partial charge in [0, 0.05) is 42.7 Å². The topological polar surface area (TPSA) is 21.7 Å². The Kier molecular flexibility index (Phi) is 8.02. The first-order chi connectivity index (χ1) is 32.2. The number of hydrogen-bond acceptors (Lipinski definition) is 4. The smallest absolute Gasteiger partial charge is 0.178 e. The summed E-state index contributed by atoms with van der Waals surface area (Å²) in [6.07, 6.45) is 16.5. The number of fused-ring (bicyclic) bond motifs is 14. The van der Waals surface area contributed by atoms with E-state index in [1.807, 2.05) is 17.4 Å². The summed E-state index contributed by atoms with van der Waals surface area (Å²) in [4.78, 5) is 2.49. The standard InChI is InChI=1S/C61H41NO2S/c1-2-15-40(16-3-1)62(41-32-29-38(30-33-41)39-31-34-47-46-21-8-13-28-58(46)65-59(47)35-39)54-26-12-7-20-45(54)48-22-14-27-55-60(48)64-56-36-49-44-19-6-11-25-52(44)61(53(49)37-57(56)63-55)50-23-9-4-17-42(50)43-18-5-10-24-51(43)61/h1-5,7-15,17-18,20-37,40H,6,16,19H2. The molecule has 5 aliphatic rings. The maximum atomic E-state index is 7.15. The summed E-state index contributed by atoms with van der Waals surface area (Å²) in [5, 5.41) is 2.64. The molecule has 1 aliphatic heterocycles. The molecular formula is C61H41NO2S. The lowest BCUT2D eigenvalue weighted by molar-refractivity contribution is 0.360. The van der Waals surface area contributed by atoms with E-state index < -0.39 is 5.41 Å². The molecule has 1 aromatic heterocycles. The second kappa shape index (κ2) is 14.2. The largest absolute Gasteiger partial charge is 0.449 e. The Labute approximate surface area is 382 Å². The molecule has 65 heavy (non-hydrogen) atoms. The number of nitrogens with zero attached hydrogens (tertiary/aromatic N) is 1. The maximum Gasteiger partial charge on any atom is 0.178 e. The van der Waals surface area contributed by atoms with Crippen molar-refractivity contribution in [2.75, 3.05) is 4.90 Å². The van der Waals surface area contributed by atoms with Crippen molar-refractivity contribution < 1.29 is 9.47 Å². The molecule has 0 radical (unpaired) electrons. The van der Waals surface area contributed by atoms with Crippen LogP contribution in [0.3, 0.4) is 0 Å². The molecule has 1 unspecified atom stereocenters. The molecule has 0 bridgehead atoms. The van der Waals surface area contributed by atoms with Crippen molar-refractivity contribution in [1.29, 1.82) is 0 Å². The van der Waals surface area contributed by atoms with Crippen LogP contribution in [0, 0.1) is 0 Å². The molecule has 3 nitrogen and oxygen atoms in total. The number of rotatable bonds is 5. The Morgan fingerprint density at radius 3 is 2.08 bits per heavy atom. The lowest BCUT2D eigenvalue weighted by Crippen LogP contribution is -2.30. The Balaban J connectivity index is 0.862. The monoisotopic (exact) mass is 851 g/mol. The molecule has 14 rings (SSSR count). The van der Waals surface area contributed by atoms with Gasteiger partial charge >= 0.3 is 0 Å². The van der Waals surface area contributed by atoms with Crippen LogP contribution < -0.4 is 14.4 Å². The van der Waals surface area contributed by atoms with E-state index in [4.69, 9.17) is 9.47 Å². The second-order valence-corrected chi connectivity index (χ2v) is 18.8. The summed E-state index contributed by atoms with van der Waals surface area (Å²) < 4.78 is 16.8. The summed E-state index contributed by atoms with van der Waals surface area (Å²) in [7, 11) is 0. The van der Waals surface area contributed by atoms with E-state index in [1.165, 1.54) is 75.8 Å². The summed E-state index contributed by atoms with van der Waals surface area (Å²) in [6, 6.07) is 62.4. The fraction of sp³-hybridized carbons (Fsp3) is 0.0820. The van der Waals surface area contributed by atoms with Gasteiger partial charge in [-0.25, -0.2) is 0 Å². The molecule has 0 saturated heterocycles. The van der Waals surface area contributed by atoms with Crippen LogP contribution in [-0.2, 0) is 5.41 Å². The Morgan fingerprint density at radius 1 is 0.523 bits per heavy atom. The third-order valence-electron chi connectivity index (χ3n) is 14.4. The summed E-state index contributed by atoms with van der Waals surface area (Å²) in [6.45, 7) is 0. The Morgan fingerprint density at radius 2 is 1.25 bits per heavy atom. The Bertz CT molecular complexity index is 3560. The second-order valence-electron chi connectivity index (χ2n) is 17.7. The molecular weight excluding hydrogens is 811 g/mol.